The van der Waals surface area contributed by atoms with Crippen LogP contribution in [0, 0.1) is 0 Å². The summed E-state index contributed by atoms with van der Waals surface area (Å²) in [7, 11) is 1.44. The van der Waals surface area contributed by atoms with Gasteiger partial charge >= 0.3 is 12.1 Å². The Kier molecular flexibility index (Phi) is 6.98. The Hall–Kier alpha value is -4.37. The summed E-state index contributed by atoms with van der Waals surface area (Å²) in [6.45, 7) is -0.402. The van der Waals surface area contributed by atoms with Crippen molar-refractivity contribution in [1.82, 2.24) is 5.32 Å². The summed E-state index contributed by atoms with van der Waals surface area (Å²) >= 11 is 0. The number of rotatable bonds is 8. The summed E-state index contributed by atoms with van der Waals surface area (Å²) in [5.74, 6) is -1.88. The topological polar surface area (TPSA) is 134 Å². The first kappa shape index (κ1) is 23.8. The third-order valence-electron chi connectivity index (χ3n) is 5.79. The van der Waals surface area contributed by atoms with E-state index in [4.69, 9.17) is 14.6 Å². The molecule has 9 heteroatoms. The van der Waals surface area contributed by atoms with Crippen LogP contribution in [0.3, 0.4) is 0 Å². The van der Waals surface area contributed by atoms with Crippen LogP contribution < -0.4 is 15.4 Å². The van der Waals surface area contributed by atoms with Crippen LogP contribution in [0.2, 0.25) is 0 Å². The lowest BCUT2D eigenvalue weighted by Gasteiger charge is -2.16. The highest BCUT2D eigenvalue weighted by molar-refractivity contribution is 6.03. The van der Waals surface area contributed by atoms with Crippen LogP contribution >= 0.6 is 0 Å². The van der Waals surface area contributed by atoms with Crippen molar-refractivity contribution >= 4 is 23.7 Å². The molecule has 1 aliphatic carbocycles. The molecule has 0 bridgehead atoms. The molecule has 3 aromatic rings. The molecule has 180 valence electrons. The third-order valence-corrected chi connectivity index (χ3v) is 5.79. The van der Waals surface area contributed by atoms with Crippen LogP contribution in [0.4, 0.5) is 10.5 Å². The first-order chi connectivity index (χ1) is 16.9. The number of aliphatic carboxylic acids is 1. The number of carboxylic acid groups (broad SMARTS) is 1. The summed E-state index contributed by atoms with van der Waals surface area (Å²) < 4.78 is 10.7. The molecular weight excluding hydrogens is 452 g/mol. The lowest BCUT2D eigenvalue weighted by molar-refractivity contribution is -0.146. The number of ether oxygens (including phenoxy) is 2. The van der Waals surface area contributed by atoms with Gasteiger partial charge in [0.1, 0.15) is 12.4 Å². The predicted molar refractivity (Wildman–Crippen MR) is 128 cm³/mol. The standard InChI is InChI=1S/C26H24N2O7/c1-34-15-10-11-20(24(30)27-13-23(29)25(31)32)22(12-15)28-26(33)35-14-21-18-8-4-2-6-16(18)17-7-3-5-9-19(17)21/h2-12,21,23,29H,13-14H2,1H3,(H,27,30)(H,28,33)(H,31,32)/t23-/m0/s1. The molecule has 0 saturated carbocycles. The van der Waals surface area contributed by atoms with Gasteiger partial charge < -0.3 is 25.0 Å². The molecule has 1 aliphatic rings. The first-order valence-electron chi connectivity index (χ1n) is 10.9. The van der Waals surface area contributed by atoms with E-state index in [1.165, 1.54) is 25.3 Å². The van der Waals surface area contributed by atoms with Crippen LogP contribution in [0.15, 0.2) is 66.7 Å². The number of benzene rings is 3. The lowest BCUT2D eigenvalue weighted by Crippen LogP contribution is -2.36. The molecule has 0 heterocycles. The second kappa shape index (κ2) is 10.3. The quantitative estimate of drug-likeness (QED) is 0.392. The van der Waals surface area contributed by atoms with Crippen molar-refractivity contribution in [1.29, 1.82) is 0 Å². The molecule has 0 spiro atoms. The Balaban J connectivity index is 1.47. The van der Waals surface area contributed by atoms with Crippen molar-refractivity contribution in [3.8, 4) is 16.9 Å². The predicted octanol–water partition coefficient (Wildman–Crippen LogP) is 3.23. The molecule has 0 saturated heterocycles. The second-order valence-electron chi connectivity index (χ2n) is 7.93. The summed E-state index contributed by atoms with van der Waals surface area (Å²) in [5, 5.41) is 23.1. The minimum Gasteiger partial charge on any atom is -0.497 e. The van der Waals surface area contributed by atoms with Gasteiger partial charge in [-0.05, 0) is 34.4 Å². The van der Waals surface area contributed by atoms with Gasteiger partial charge in [0, 0.05) is 12.0 Å². The SMILES string of the molecule is COc1ccc(C(=O)NC[C@H](O)C(=O)O)c(NC(=O)OCC2c3ccccc3-c3ccccc32)c1. The molecule has 0 aliphatic heterocycles. The fourth-order valence-electron chi connectivity index (χ4n) is 4.07. The van der Waals surface area contributed by atoms with Crippen LogP contribution in [0.25, 0.3) is 11.1 Å². The molecule has 4 rings (SSSR count). The molecule has 0 radical (unpaired) electrons. The Labute approximate surface area is 201 Å². The summed E-state index contributed by atoms with van der Waals surface area (Å²) in [4.78, 5) is 36.1. The number of amides is 2. The van der Waals surface area contributed by atoms with Crippen molar-refractivity contribution < 1.29 is 34.1 Å². The average Bonchev–Trinajstić information content (AvgIpc) is 3.19. The van der Waals surface area contributed by atoms with Gasteiger partial charge in [0.05, 0.1) is 24.9 Å². The molecule has 1 atom stereocenters. The van der Waals surface area contributed by atoms with Crippen molar-refractivity contribution in [2.45, 2.75) is 12.0 Å². The van der Waals surface area contributed by atoms with Gasteiger partial charge in [-0.15, -0.1) is 0 Å². The van der Waals surface area contributed by atoms with Crippen LogP contribution in [-0.4, -0.2) is 54.5 Å². The number of fused-ring (bicyclic) bond motifs is 3. The fourth-order valence-corrected chi connectivity index (χ4v) is 4.07. The number of nitrogens with one attached hydrogen (secondary N) is 2. The van der Waals surface area contributed by atoms with E-state index in [2.05, 4.69) is 10.6 Å². The van der Waals surface area contributed by atoms with Gasteiger partial charge in [-0.1, -0.05) is 48.5 Å². The summed E-state index contributed by atoms with van der Waals surface area (Å²) in [6.07, 6.45) is -2.52. The monoisotopic (exact) mass is 476 g/mol. The number of carbonyl (C=O) groups excluding carboxylic acids is 2. The van der Waals surface area contributed by atoms with Crippen molar-refractivity contribution in [2.75, 3.05) is 25.6 Å². The Morgan fingerprint density at radius 2 is 1.60 bits per heavy atom. The van der Waals surface area contributed by atoms with Gasteiger partial charge in [-0.2, -0.15) is 0 Å². The van der Waals surface area contributed by atoms with Crippen LogP contribution in [0.1, 0.15) is 27.4 Å². The van der Waals surface area contributed by atoms with Crippen molar-refractivity contribution in [3.63, 3.8) is 0 Å². The molecule has 2 amide bonds. The van der Waals surface area contributed by atoms with Crippen LogP contribution in [-0.2, 0) is 9.53 Å². The number of hydrogen-bond acceptors (Lipinski definition) is 6. The zero-order chi connectivity index (χ0) is 24.9. The van der Waals surface area contributed by atoms with Gasteiger partial charge in [0.15, 0.2) is 6.10 Å². The second-order valence-corrected chi connectivity index (χ2v) is 7.93. The maximum absolute atomic E-state index is 12.7. The first-order valence-corrected chi connectivity index (χ1v) is 10.9. The highest BCUT2D eigenvalue weighted by Crippen LogP contribution is 2.44. The van der Waals surface area contributed by atoms with Crippen molar-refractivity contribution in [3.05, 3.63) is 83.4 Å². The number of carboxylic acids is 1. The van der Waals surface area contributed by atoms with E-state index in [1.54, 1.807) is 0 Å². The van der Waals surface area contributed by atoms with Gasteiger partial charge in [-0.3, -0.25) is 10.1 Å². The molecule has 4 N–H and O–H groups in total. The zero-order valence-electron chi connectivity index (χ0n) is 18.9. The molecule has 35 heavy (non-hydrogen) atoms. The smallest absolute Gasteiger partial charge is 0.411 e. The molecule has 3 aromatic carbocycles. The van der Waals surface area contributed by atoms with E-state index in [1.807, 2.05) is 48.5 Å². The molecule has 0 unspecified atom stereocenters. The molecule has 0 aromatic heterocycles. The Morgan fingerprint density at radius 1 is 0.971 bits per heavy atom. The largest absolute Gasteiger partial charge is 0.497 e. The number of aliphatic hydroxyl groups excluding tert-OH is 1. The number of anilines is 1. The maximum Gasteiger partial charge on any atom is 0.411 e. The molecule has 0 fully saturated rings. The third kappa shape index (κ3) is 5.10. The van der Waals surface area contributed by atoms with E-state index in [-0.39, 0.29) is 23.8 Å². The fraction of sp³-hybridized carbons (Fsp3) is 0.192. The highest BCUT2D eigenvalue weighted by atomic mass is 16.5. The van der Waals surface area contributed by atoms with Gasteiger partial charge in [0.2, 0.25) is 0 Å². The minimum atomic E-state index is -1.75. The molecule has 9 nitrogen and oxygen atoms in total. The minimum absolute atomic E-state index is 0.0527. The number of carbonyl (C=O) groups is 3. The van der Waals surface area contributed by atoms with Gasteiger partial charge in [0.25, 0.3) is 5.91 Å². The Bertz CT molecular complexity index is 1230. The Morgan fingerprint density at radius 3 is 2.20 bits per heavy atom. The van der Waals surface area contributed by atoms with E-state index < -0.39 is 30.6 Å². The van der Waals surface area contributed by atoms with E-state index >= 15 is 0 Å². The maximum atomic E-state index is 12.7. The van der Waals surface area contributed by atoms with Gasteiger partial charge in [-0.25, -0.2) is 9.59 Å². The van der Waals surface area contributed by atoms with E-state index in [0.717, 1.165) is 22.3 Å². The molecular formula is C26H24N2O7. The average molecular weight is 476 g/mol. The number of methoxy groups -OCH3 is 1. The highest BCUT2D eigenvalue weighted by Gasteiger charge is 2.29. The van der Waals surface area contributed by atoms with E-state index in [9.17, 15) is 19.5 Å². The zero-order valence-corrected chi connectivity index (χ0v) is 18.9. The van der Waals surface area contributed by atoms with Crippen molar-refractivity contribution in [2.24, 2.45) is 0 Å². The van der Waals surface area contributed by atoms with E-state index in [0.29, 0.717) is 5.75 Å². The number of aliphatic hydroxyl groups is 1. The number of hydrogen-bond donors (Lipinski definition) is 4. The van der Waals surface area contributed by atoms with Crippen LogP contribution in [0.5, 0.6) is 5.75 Å². The summed E-state index contributed by atoms with van der Waals surface area (Å²) in [5.41, 5.74) is 4.51. The summed E-state index contributed by atoms with van der Waals surface area (Å²) in [6, 6.07) is 20.3. The normalized spacial score (nSPS) is 12.7. The lowest BCUT2D eigenvalue weighted by atomic mass is 9.98.